The Morgan fingerprint density at radius 1 is 1.25 bits per heavy atom. The lowest BCUT2D eigenvalue weighted by Crippen LogP contribution is -2.47. The van der Waals surface area contributed by atoms with E-state index in [0.717, 1.165) is 28.8 Å². The first-order valence-electron chi connectivity index (χ1n) is 8.04. The van der Waals surface area contributed by atoms with Gasteiger partial charge in [-0.3, -0.25) is 19.2 Å². The normalized spacial score (nSPS) is 12.3. The maximum atomic E-state index is 13.8. The molecule has 0 spiro atoms. The Morgan fingerprint density at radius 3 is 2.46 bits per heavy atom. The molecule has 28 heavy (non-hydrogen) atoms. The molecule has 8 nitrogen and oxygen atoms in total. The maximum Gasteiger partial charge on any atom is 0.271 e. The van der Waals surface area contributed by atoms with Crippen LogP contribution in [-0.2, 0) is 14.8 Å². The van der Waals surface area contributed by atoms with Crippen LogP contribution in [0, 0.1) is 21.7 Å². The Hall–Kier alpha value is -3.08. The minimum atomic E-state index is -4.03. The second-order valence-electron chi connectivity index (χ2n) is 5.87. The van der Waals surface area contributed by atoms with Crippen molar-refractivity contribution in [2.24, 2.45) is 0 Å². The van der Waals surface area contributed by atoms with Gasteiger partial charge in [0.1, 0.15) is 17.7 Å². The first-order chi connectivity index (χ1) is 13.0. The Balaban J connectivity index is 2.44. The van der Waals surface area contributed by atoms with Crippen molar-refractivity contribution in [3.8, 4) is 0 Å². The van der Waals surface area contributed by atoms with Crippen LogP contribution in [0.15, 0.2) is 42.5 Å². The van der Waals surface area contributed by atoms with E-state index in [2.05, 4.69) is 5.32 Å². The maximum absolute atomic E-state index is 13.8. The van der Waals surface area contributed by atoms with Crippen molar-refractivity contribution in [3.05, 3.63) is 64.2 Å². The molecular formula is C17H17F2N3O5S. The summed E-state index contributed by atoms with van der Waals surface area (Å²) in [6.07, 6.45) is 0.838. The first-order valence-corrected chi connectivity index (χ1v) is 9.89. The summed E-state index contributed by atoms with van der Waals surface area (Å²) in [5.41, 5.74) is -0.762. The van der Waals surface area contributed by atoms with Crippen LogP contribution in [0.25, 0.3) is 0 Å². The van der Waals surface area contributed by atoms with Gasteiger partial charge < -0.3 is 5.32 Å². The number of nitrogens with zero attached hydrogens (tertiary/aromatic N) is 2. The van der Waals surface area contributed by atoms with E-state index in [4.69, 9.17) is 0 Å². The molecule has 0 fully saturated rings. The third-order valence-electron chi connectivity index (χ3n) is 3.81. The molecule has 1 atom stereocenters. The van der Waals surface area contributed by atoms with Crippen LogP contribution in [0.4, 0.5) is 25.8 Å². The number of nitro benzene ring substituents is 1. The van der Waals surface area contributed by atoms with E-state index in [0.29, 0.717) is 6.07 Å². The van der Waals surface area contributed by atoms with E-state index in [9.17, 15) is 32.1 Å². The highest BCUT2D eigenvalue weighted by Crippen LogP contribution is 2.27. The van der Waals surface area contributed by atoms with Crippen LogP contribution in [-0.4, -0.2) is 31.5 Å². The minimum Gasteiger partial charge on any atom is -0.322 e. The Bertz CT molecular complexity index is 1010. The van der Waals surface area contributed by atoms with Crippen LogP contribution in [0.2, 0.25) is 0 Å². The van der Waals surface area contributed by atoms with Crippen molar-refractivity contribution in [3.63, 3.8) is 0 Å². The van der Waals surface area contributed by atoms with Gasteiger partial charge in [0.05, 0.1) is 22.6 Å². The highest BCUT2D eigenvalue weighted by molar-refractivity contribution is 7.92. The molecule has 2 aromatic carbocycles. The molecule has 0 radical (unpaired) electrons. The Labute approximate surface area is 160 Å². The lowest BCUT2D eigenvalue weighted by Gasteiger charge is -2.30. The van der Waals surface area contributed by atoms with Crippen molar-refractivity contribution < 1.29 is 26.9 Å². The molecule has 1 unspecified atom stereocenters. The fraction of sp³-hybridized carbons (Fsp3) is 0.235. The summed E-state index contributed by atoms with van der Waals surface area (Å²) < 4.78 is 52.2. The van der Waals surface area contributed by atoms with Gasteiger partial charge in [-0.15, -0.1) is 0 Å². The Kier molecular flexibility index (Phi) is 6.29. The van der Waals surface area contributed by atoms with Gasteiger partial charge in [-0.05, 0) is 24.6 Å². The van der Waals surface area contributed by atoms with Gasteiger partial charge in [0.25, 0.3) is 5.69 Å². The smallest absolute Gasteiger partial charge is 0.271 e. The number of rotatable bonds is 7. The number of carbonyl (C=O) groups is 1. The van der Waals surface area contributed by atoms with Crippen LogP contribution in [0.3, 0.4) is 0 Å². The highest BCUT2D eigenvalue weighted by atomic mass is 32.2. The third-order valence-corrected chi connectivity index (χ3v) is 4.99. The number of anilines is 2. The van der Waals surface area contributed by atoms with Crippen LogP contribution in [0.1, 0.15) is 13.3 Å². The summed E-state index contributed by atoms with van der Waals surface area (Å²) in [7, 11) is -4.03. The van der Waals surface area contributed by atoms with Crippen LogP contribution >= 0.6 is 0 Å². The van der Waals surface area contributed by atoms with Gasteiger partial charge in [-0.25, -0.2) is 17.2 Å². The zero-order valence-electron chi connectivity index (χ0n) is 14.9. The fourth-order valence-corrected chi connectivity index (χ4v) is 3.81. The van der Waals surface area contributed by atoms with Gasteiger partial charge >= 0.3 is 0 Å². The Morgan fingerprint density at radius 2 is 1.93 bits per heavy atom. The number of benzene rings is 2. The van der Waals surface area contributed by atoms with E-state index in [1.54, 1.807) is 0 Å². The summed E-state index contributed by atoms with van der Waals surface area (Å²) in [5, 5.41) is 13.2. The van der Waals surface area contributed by atoms with Gasteiger partial charge in [0.2, 0.25) is 15.9 Å². The minimum absolute atomic E-state index is 0.00951. The molecule has 0 heterocycles. The van der Waals surface area contributed by atoms with E-state index in [1.807, 2.05) is 0 Å². The molecule has 0 bridgehead atoms. The van der Waals surface area contributed by atoms with Crippen LogP contribution in [0.5, 0.6) is 0 Å². The molecular weight excluding hydrogens is 396 g/mol. The first kappa shape index (κ1) is 21.2. The lowest BCUT2D eigenvalue weighted by molar-refractivity contribution is -0.384. The number of amides is 1. The van der Waals surface area contributed by atoms with E-state index in [1.165, 1.54) is 25.1 Å². The standard InChI is InChI=1S/C17H17F2N3O5S/c1-3-16(17(23)20-15-8-7-11(18)9-14(15)19)21(28(2,26)27)12-5-4-6-13(10-12)22(24)25/h4-10,16H,3H2,1-2H3,(H,20,23). The second-order valence-corrected chi connectivity index (χ2v) is 7.73. The third kappa shape index (κ3) is 4.80. The molecule has 0 saturated heterocycles. The number of hydrogen-bond acceptors (Lipinski definition) is 5. The molecule has 0 aromatic heterocycles. The predicted molar refractivity (Wildman–Crippen MR) is 99.5 cm³/mol. The molecule has 0 saturated carbocycles. The molecule has 2 rings (SSSR count). The number of carbonyl (C=O) groups excluding carboxylic acids is 1. The molecule has 0 aliphatic carbocycles. The number of sulfonamides is 1. The van der Waals surface area contributed by atoms with Gasteiger partial charge in [-0.2, -0.15) is 0 Å². The zero-order chi connectivity index (χ0) is 21.1. The highest BCUT2D eigenvalue weighted by Gasteiger charge is 2.32. The SMILES string of the molecule is CCC(C(=O)Nc1ccc(F)cc1F)N(c1cccc([N+](=O)[O-])c1)S(C)(=O)=O. The molecule has 0 aliphatic rings. The zero-order valence-corrected chi connectivity index (χ0v) is 15.7. The number of nitro groups is 1. The van der Waals surface area contributed by atoms with Crippen molar-refractivity contribution in [2.75, 3.05) is 15.9 Å². The number of hydrogen-bond donors (Lipinski definition) is 1. The summed E-state index contributed by atoms with van der Waals surface area (Å²) in [5.74, 6) is -2.73. The van der Waals surface area contributed by atoms with Crippen LogP contribution < -0.4 is 9.62 Å². The van der Waals surface area contributed by atoms with E-state index >= 15 is 0 Å². The van der Waals surface area contributed by atoms with Gasteiger partial charge in [0.15, 0.2) is 0 Å². The summed E-state index contributed by atoms with van der Waals surface area (Å²) >= 11 is 0. The van der Waals surface area contributed by atoms with E-state index < -0.39 is 38.5 Å². The van der Waals surface area contributed by atoms with Crippen molar-refractivity contribution in [1.82, 2.24) is 0 Å². The van der Waals surface area contributed by atoms with Gasteiger partial charge in [-0.1, -0.05) is 13.0 Å². The topological polar surface area (TPSA) is 110 Å². The fourth-order valence-electron chi connectivity index (χ4n) is 2.61. The quantitative estimate of drug-likeness (QED) is 0.554. The van der Waals surface area contributed by atoms with Gasteiger partial charge in [0, 0.05) is 18.2 Å². The summed E-state index contributed by atoms with van der Waals surface area (Å²) in [4.78, 5) is 22.9. The summed E-state index contributed by atoms with van der Waals surface area (Å²) in [6.45, 7) is 1.53. The number of non-ortho nitro benzene ring substituents is 1. The van der Waals surface area contributed by atoms with Crippen molar-refractivity contribution in [1.29, 1.82) is 0 Å². The monoisotopic (exact) mass is 413 g/mol. The number of halogens is 2. The molecule has 11 heteroatoms. The van der Waals surface area contributed by atoms with E-state index in [-0.39, 0.29) is 23.5 Å². The average Bonchev–Trinajstić information content (AvgIpc) is 2.60. The molecule has 1 amide bonds. The molecule has 150 valence electrons. The number of nitrogens with one attached hydrogen (secondary N) is 1. The average molecular weight is 413 g/mol. The predicted octanol–water partition coefficient (Wildman–Crippen LogP) is 3.06. The summed E-state index contributed by atoms with van der Waals surface area (Å²) in [6, 6.07) is 6.00. The lowest BCUT2D eigenvalue weighted by atomic mass is 10.1. The van der Waals surface area contributed by atoms with Crippen molar-refractivity contribution >= 4 is 33.0 Å². The molecule has 2 aromatic rings. The van der Waals surface area contributed by atoms with Crippen molar-refractivity contribution in [2.45, 2.75) is 19.4 Å². The largest absolute Gasteiger partial charge is 0.322 e. The molecule has 0 aliphatic heterocycles. The second kappa shape index (κ2) is 8.30. The molecule has 1 N–H and O–H groups in total.